The molecule has 1 N–H and O–H groups in total. The van der Waals surface area contributed by atoms with Crippen molar-refractivity contribution in [3.8, 4) is 11.5 Å². The monoisotopic (exact) mass is 321 g/mol. The molecule has 0 aliphatic carbocycles. The third kappa shape index (κ3) is 2.76. The molecule has 0 radical (unpaired) electrons. The van der Waals surface area contributed by atoms with Crippen LogP contribution in [0.2, 0.25) is 0 Å². The molecule has 0 aliphatic heterocycles. The number of hydrogen-bond donors (Lipinski definition) is 1. The van der Waals surface area contributed by atoms with Crippen LogP contribution in [0.15, 0.2) is 21.5 Å². The first kappa shape index (κ1) is 13.9. The number of H-pyrrole nitrogens is 1. The van der Waals surface area contributed by atoms with Crippen LogP contribution < -0.4 is 5.56 Å². The van der Waals surface area contributed by atoms with Crippen LogP contribution in [0.3, 0.4) is 0 Å². The third-order valence-corrected chi connectivity index (χ3v) is 3.64. The molecule has 0 amide bonds. The second-order valence-electron chi connectivity index (χ2n) is 4.95. The molecule has 0 spiro atoms. The summed E-state index contributed by atoms with van der Waals surface area (Å²) in [6.45, 7) is 7.96. The molecule has 0 atom stereocenters. The van der Waals surface area contributed by atoms with Gasteiger partial charge in [-0.15, -0.1) is 0 Å². The quantitative estimate of drug-likeness (QED) is 0.922. The van der Waals surface area contributed by atoms with E-state index in [0.29, 0.717) is 10.3 Å². The molecular formula is C14H16BrN3O. The van der Waals surface area contributed by atoms with Crippen LogP contribution in [-0.4, -0.2) is 15.0 Å². The molecule has 0 fully saturated rings. The van der Waals surface area contributed by atoms with Crippen LogP contribution >= 0.6 is 15.9 Å². The van der Waals surface area contributed by atoms with Gasteiger partial charge >= 0.3 is 0 Å². The van der Waals surface area contributed by atoms with E-state index in [-0.39, 0.29) is 11.5 Å². The zero-order valence-corrected chi connectivity index (χ0v) is 13.0. The Labute approximate surface area is 120 Å². The molecule has 4 nitrogen and oxygen atoms in total. The fourth-order valence-corrected chi connectivity index (χ4v) is 2.58. The number of pyridine rings is 1. The highest BCUT2D eigenvalue weighted by molar-refractivity contribution is 9.10. The summed E-state index contributed by atoms with van der Waals surface area (Å²) in [5.41, 5.74) is 3.39. The number of hydrogen-bond acceptors (Lipinski definition) is 3. The van der Waals surface area contributed by atoms with Gasteiger partial charge < -0.3 is 4.98 Å². The van der Waals surface area contributed by atoms with Gasteiger partial charge in [0.05, 0.1) is 5.69 Å². The van der Waals surface area contributed by atoms with Crippen LogP contribution in [-0.2, 0) is 0 Å². The van der Waals surface area contributed by atoms with E-state index in [1.165, 1.54) is 0 Å². The van der Waals surface area contributed by atoms with Crippen molar-refractivity contribution in [3.05, 3.63) is 43.9 Å². The Balaban J connectivity index is 2.66. The van der Waals surface area contributed by atoms with E-state index in [1.54, 1.807) is 6.20 Å². The Hall–Kier alpha value is -1.49. The number of aromatic amines is 1. The maximum absolute atomic E-state index is 11.9. The van der Waals surface area contributed by atoms with Crippen molar-refractivity contribution in [3.63, 3.8) is 0 Å². The number of halogens is 1. The third-order valence-electron chi connectivity index (χ3n) is 2.87. The minimum atomic E-state index is -0.171. The minimum Gasteiger partial charge on any atom is -0.304 e. The summed E-state index contributed by atoms with van der Waals surface area (Å²) in [4.78, 5) is 23.6. The maximum Gasteiger partial charge on any atom is 0.265 e. The Bertz CT molecular complexity index is 677. The number of aromatic nitrogens is 3. The maximum atomic E-state index is 11.9. The highest BCUT2D eigenvalue weighted by Crippen LogP contribution is 2.23. The summed E-state index contributed by atoms with van der Waals surface area (Å²) in [6.07, 6.45) is 1.78. The van der Waals surface area contributed by atoms with Gasteiger partial charge in [0.1, 0.15) is 10.2 Å². The normalized spacial score (nSPS) is 11.1. The van der Waals surface area contributed by atoms with E-state index in [4.69, 9.17) is 0 Å². The molecule has 2 rings (SSSR count). The molecule has 19 heavy (non-hydrogen) atoms. The van der Waals surface area contributed by atoms with Gasteiger partial charge in [0.25, 0.3) is 5.56 Å². The standard InChI is InChI=1S/C14H16BrN3O/c1-7(2)11-10(15)14(19)18-13(17-11)12-9(4)5-8(3)6-16-12/h5-7H,1-4H3,(H,17,18,19). The summed E-state index contributed by atoms with van der Waals surface area (Å²) < 4.78 is 0.496. The SMILES string of the molecule is Cc1cnc(-c2nc(C(C)C)c(Br)c(=O)[nH]2)c(C)c1. The van der Waals surface area contributed by atoms with Gasteiger partial charge in [-0.25, -0.2) is 4.98 Å². The van der Waals surface area contributed by atoms with Crippen molar-refractivity contribution in [1.82, 2.24) is 15.0 Å². The molecular weight excluding hydrogens is 306 g/mol. The lowest BCUT2D eigenvalue weighted by Crippen LogP contribution is -2.15. The lowest BCUT2D eigenvalue weighted by Gasteiger charge is -2.10. The van der Waals surface area contributed by atoms with E-state index in [2.05, 4.69) is 30.9 Å². The van der Waals surface area contributed by atoms with Crippen molar-refractivity contribution in [2.75, 3.05) is 0 Å². The number of nitrogens with one attached hydrogen (secondary N) is 1. The van der Waals surface area contributed by atoms with E-state index in [1.807, 2.05) is 33.8 Å². The van der Waals surface area contributed by atoms with E-state index >= 15 is 0 Å². The van der Waals surface area contributed by atoms with Gasteiger partial charge in [0.2, 0.25) is 0 Å². The summed E-state index contributed by atoms with van der Waals surface area (Å²) in [5.74, 6) is 0.690. The Kier molecular flexibility index (Phi) is 3.85. The Morgan fingerprint density at radius 3 is 2.58 bits per heavy atom. The molecule has 0 saturated carbocycles. The van der Waals surface area contributed by atoms with Gasteiger partial charge in [-0.3, -0.25) is 9.78 Å². The van der Waals surface area contributed by atoms with Crippen LogP contribution in [0.5, 0.6) is 0 Å². The van der Waals surface area contributed by atoms with Gasteiger partial charge in [-0.05, 0) is 46.8 Å². The second-order valence-corrected chi connectivity index (χ2v) is 5.74. The predicted molar refractivity (Wildman–Crippen MR) is 79.4 cm³/mol. The van der Waals surface area contributed by atoms with E-state index < -0.39 is 0 Å². The summed E-state index contributed by atoms with van der Waals surface area (Å²) in [5, 5.41) is 0. The largest absolute Gasteiger partial charge is 0.304 e. The smallest absolute Gasteiger partial charge is 0.265 e. The number of nitrogens with zero attached hydrogens (tertiary/aromatic N) is 2. The Morgan fingerprint density at radius 2 is 2.00 bits per heavy atom. The van der Waals surface area contributed by atoms with Crippen LogP contribution in [0, 0.1) is 13.8 Å². The summed E-state index contributed by atoms with van der Waals surface area (Å²) in [7, 11) is 0. The molecule has 0 aromatic carbocycles. The molecule has 2 aromatic heterocycles. The second kappa shape index (κ2) is 5.25. The molecule has 0 aliphatic rings. The van der Waals surface area contributed by atoms with Gasteiger partial charge in [-0.1, -0.05) is 19.9 Å². The number of rotatable bonds is 2. The lowest BCUT2D eigenvalue weighted by molar-refractivity contribution is 0.802. The fraction of sp³-hybridized carbons (Fsp3) is 0.357. The zero-order valence-electron chi connectivity index (χ0n) is 11.4. The topological polar surface area (TPSA) is 58.6 Å². The molecule has 5 heteroatoms. The Morgan fingerprint density at radius 1 is 1.32 bits per heavy atom. The lowest BCUT2D eigenvalue weighted by atomic mass is 10.1. The highest BCUT2D eigenvalue weighted by Gasteiger charge is 2.15. The first-order valence-corrected chi connectivity index (χ1v) is 6.92. The van der Waals surface area contributed by atoms with Crippen molar-refractivity contribution in [2.24, 2.45) is 0 Å². The van der Waals surface area contributed by atoms with Crippen LogP contribution in [0.1, 0.15) is 36.6 Å². The van der Waals surface area contributed by atoms with Crippen molar-refractivity contribution < 1.29 is 0 Å². The molecule has 2 heterocycles. The average molecular weight is 322 g/mol. The zero-order chi connectivity index (χ0) is 14.2. The summed E-state index contributed by atoms with van der Waals surface area (Å²) in [6, 6.07) is 2.03. The molecule has 0 unspecified atom stereocenters. The first-order chi connectivity index (χ1) is 8.90. The molecule has 100 valence electrons. The van der Waals surface area contributed by atoms with Crippen LogP contribution in [0.25, 0.3) is 11.5 Å². The van der Waals surface area contributed by atoms with Crippen LogP contribution in [0.4, 0.5) is 0 Å². The van der Waals surface area contributed by atoms with Gasteiger partial charge in [0, 0.05) is 6.20 Å². The van der Waals surface area contributed by atoms with Crippen molar-refractivity contribution >= 4 is 15.9 Å². The first-order valence-electron chi connectivity index (χ1n) is 6.13. The number of aryl methyl sites for hydroxylation is 2. The highest BCUT2D eigenvalue weighted by atomic mass is 79.9. The van der Waals surface area contributed by atoms with E-state index in [9.17, 15) is 4.79 Å². The molecule has 0 saturated heterocycles. The van der Waals surface area contributed by atoms with Crippen molar-refractivity contribution in [2.45, 2.75) is 33.6 Å². The van der Waals surface area contributed by atoms with Gasteiger partial charge in [-0.2, -0.15) is 0 Å². The minimum absolute atomic E-state index is 0.168. The average Bonchev–Trinajstić information content (AvgIpc) is 2.32. The van der Waals surface area contributed by atoms with Crippen molar-refractivity contribution in [1.29, 1.82) is 0 Å². The molecule has 0 bridgehead atoms. The van der Waals surface area contributed by atoms with Gasteiger partial charge in [0.15, 0.2) is 5.82 Å². The fourth-order valence-electron chi connectivity index (χ4n) is 1.93. The summed E-state index contributed by atoms with van der Waals surface area (Å²) >= 11 is 3.29. The van der Waals surface area contributed by atoms with E-state index in [0.717, 1.165) is 22.5 Å². The molecule has 2 aromatic rings. The predicted octanol–water partition coefficient (Wildman–Crippen LogP) is 3.33.